The van der Waals surface area contributed by atoms with Gasteiger partial charge in [0.25, 0.3) is 0 Å². The van der Waals surface area contributed by atoms with Gasteiger partial charge in [0.15, 0.2) is 0 Å². The van der Waals surface area contributed by atoms with Gasteiger partial charge in [-0.15, -0.1) is 0 Å². The van der Waals surface area contributed by atoms with Gasteiger partial charge in [0.05, 0.1) is 12.3 Å². The SMILES string of the molecule is COCCN1CCC(CNC(=O)CCc2c(C)noc2Cl)CC1. The van der Waals surface area contributed by atoms with Crippen LogP contribution in [-0.2, 0) is 16.0 Å². The lowest BCUT2D eigenvalue weighted by Gasteiger charge is -2.31. The van der Waals surface area contributed by atoms with Crippen LogP contribution in [0.15, 0.2) is 4.52 Å². The standard InChI is InChI=1S/C16H26ClN3O3/c1-12-14(16(17)23-19-12)3-4-15(21)18-11-13-5-7-20(8-6-13)9-10-22-2/h13H,3-11H2,1-2H3,(H,18,21). The molecular formula is C16H26ClN3O3. The van der Waals surface area contributed by atoms with Crippen LogP contribution in [0, 0.1) is 12.8 Å². The number of aryl methyl sites for hydroxylation is 1. The molecule has 1 N–H and O–H groups in total. The van der Waals surface area contributed by atoms with Crippen molar-refractivity contribution in [3.8, 4) is 0 Å². The zero-order chi connectivity index (χ0) is 16.7. The Hall–Kier alpha value is -1.11. The van der Waals surface area contributed by atoms with Gasteiger partial charge in [0, 0.05) is 32.2 Å². The quantitative estimate of drug-likeness (QED) is 0.782. The fourth-order valence-corrected chi connectivity index (χ4v) is 3.13. The highest BCUT2D eigenvalue weighted by atomic mass is 35.5. The van der Waals surface area contributed by atoms with E-state index >= 15 is 0 Å². The second kappa shape index (κ2) is 9.25. The molecule has 2 heterocycles. The van der Waals surface area contributed by atoms with Crippen LogP contribution >= 0.6 is 11.6 Å². The molecule has 2 rings (SSSR count). The molecule has 0 saturated carbocycles. The highest BCUT2D eigenvalue weighted by Gasteiger charge is 2.19. The summed E-state index contributed by atoms with van der Waals surface area (Å²) in [5, 5.41) is 7.12. The highest BCUT2D eigenvalue weighted by molar-refractivity contribution is 6.29. The molecule has 0 aliphatic carbocycles. The van der Waals surface area contributed by atoms with Crippen LogP contribution in [0.4, 0.5) is 0 Å². The average molecular weight is 344 g/mol. The number of hydrogen-bond acceptors (Lipinski definition) is 5. The number of methoxy groups -OCH3 is 1. The van der Waals surface area contributed by atoms with E-state index in [9.17, 15) is 4.79 Å². The molecule has 1 aromatic heterocycles. The van der Waals surface area contributed by atoms with Crippen LogP contribution in [0.1, 0.15) is 30.5 Å². The molecule has 0 radical (unpaired) electrons. The van der Waals surface area contributed by atoms with E-state index in [1.165, 1.54) is 0 Å². The molecule has 1 fully saturated rings. The molecule has 0 unspecified atom stereocenters. The number of nitrogens with zero attached hydrogens (tertiary/aromatic N) is 2. The lowest BCUT2D eigenvalue weighted by atomic mass is 9.96. The molecule has 0 spiro atoms. The summed E-state index contributed by atoms with van der Waals surface area (Å²) in [6.07, 6.45) is 3.23. The Morgan fingerprint density at radius 2 is 2.22 bits per heavy atom. The molecular weight excluding hydrogens is 318 g/mol. The molecule has 1 aromatic rings. The van der Waals surface area contributed by atoms with Crippen molar-refractivity contribution in [3.05, 3.63) is 16.5 Å². The molecule has 1 amide bonds. The molecule has 1 saturated heterocycles. The van der Waals surface area contributed by atoms with Crippen molar-refractivity contribution in [2.45, 2.75) is 32.6 Å². The number of amides is 1. The van der Waals surface area contributed by atoms with Gasteiger partial charge in [-0.3, -0.25) is 4.79 Å². The van der Waals surface area contributed by atoms with E-state index in [2.05, 4.69) is 15.4 Å². The van der Waals surface area contributed by atoms with E-state index in [0.717, 1.165) is 56.9 Å². The van der Waals surface area contributed by atoms with E-state index < -0.39 is 0 Å². The minimum Gasteiger partial charge on any atom is -0.383 e. The summed E-state index contributed by atoms with van der Waals surface area (Å²) >= 11 is 5.90. The van der Waals surface area contributed by atoms with Gasteiger partial charge >= 0.3 is 0 Å². The second-order valence-corrected chi connectivity index (χ2v) is 6.45. The smallest absolute Gasteiger partial charge is 0.229 e. The number of halogens is 1. The van der Waals surface area contributed by atoms with Crippen molar-refractivity contribution >= 4 is 17.5 Å². The van der Waals surface area contributed by atoms with Crippen LogP contribution in [0.25, 0.3) is 0 Å². The van der Waals surface area contributed by atoms with Crippen LogP contribution in [0.3, 0.4) is 0 Å². The Morgan fingerprint density at radius 1 is 1.48 bits per heavy atom. The van der Waals surface area contributed by atoms with Crippen molar-refractivity contribution in [3.63, 3.8) is 0 Å². The number of piperidine rings is 1. The zero-order valence-electron chi connectivity index (χ0n) is 13.9. The molecule has 130 valence electrons. The first-order valence-corrected chi connectivity index (χ1v) is 8.56. The van der Waals surface area contributed by atoms with E-state index in [1.54, 1.807) is 7.11 Å². The largest absolute Gasteiger partial charge is 0.383 e. The van der Waals surface area contributed by atoms with Crippen molar-refractivity contribution in [1.29, 1.82) is 0 Å². The van der Waals surface area contributed by atoms with Crippen molar-refractivity contribution in [1.82, 2.24) is 15.4 Å². The third-order valence-corrected chi connectivity index (χ3v) is 4.74. The predicted octanol–water partition coefficient (Wildman–Crippen LogP) is 2.04. The topological polar surface area (TPSA) is 67.6 Å². The summed E-state index contributed by atoms with van der Waals surface area (Å²) in [4.78, 5) is 14.4. The molecule has 0 atom stereocenters. The van der Waals surface area contributed by atoms with Crippen LogP contribution in [-0.4, -0.2) is 55.9 Å². The highest BCUT2D eigenvalue weighted by Crippen LogP contribution is 2.20. The van der Waals surface area contributed by atoms with Crippen molar-refractivity contribution in [2.24, 2.45) is 5.92 Å². The number of carbonyl (C=O) groups is 1. The van der Waals surface area contributed by atoms with Gasteiger partial charge in [-0.25, -0.2) is 0 Å². The summed E-state index contributed by atoms with van der Waals surface area (Å²) in [6, 6.07) is 0. The zero-order valence-corrected chi connectivity index (χ0v) is 14.7. The fraction of sp³-hybridized carbons (Fsp3) is 0.750. The lowest BCUT2D eigenvalue weighted by molar-refractivity contribution is -0.121. The monoisotopic (exact) mass is 343 g/mol. The first kappa shape index (κ1) is 18.2. The van der Waals surface area contributed by atoms with E-state index in [1.807, 2.05) is 6.92 Å². The van der Waals surface area contributed by atoms with Crippen molar-refractivity contribution < 1.29 is 14.1 Å². The first-order valence-electron chi connectivity index (χ1n) is 8.18. The number of ether oxygens (including phenoxy) is 1. The molecule has 0 bridgehead atoms. The third-order valence-electron chi connectivity index (χ3n) is 4.45. The Morgan fingerprint density at radius 3 is 2.83 bits per heavy atom. The second-order valence-electron chi connectivity index (χ2n) is 6.10. The molecule has 1 aliphatic rings. The Bertz CT molecular complexity index is 479. The third kappa shape index (κ3) is 5.79. The summed E-state index contributed by atoms with van der Waals surface area (Å²) in [5.41, 5.74) is 1.58. The minimum absolute atomic E-state index is 0.0588. The number of nitrogens with one attached hydrogen (secondary N) is 1. The average Bonchev–Trinajstić information content (AvgIpc) is 2.88. The van der Waals surface area contributed by atoms with E-state index in [4.69, 9.17) is 20.9 Å². The van der Waals surface area contributed by atoms with Gasteiger partial charge in [0.2, 0.25) is 11.1 Å². The Labute approximate surface area is 142 Å². The number of rotatable bonds is 8. The fourth-order valence-electron chi connectivity index (χ4n) is 2.86. The molecule has 0 aromatic carbocycles. The predicted molar refractivity (Wildman–Crippen MR) is 88.6 cm³/mol. The summed E-state index contributed by atoms with van der Waals surface area (Å²) in [7, 11) is 1.73. The van der Waals surface area contributed by atoms with Crippen LogP contribution in [0.5, 0.6) is 0 Å². The van der Waals surface area contributed by atoms with Gasteiger partial charge in [-0.05, 0) is 56.8 Å². The van der Waals surface area contributed by atoms with Gasteiger partial charge in [-0.2, -0.15) is 0 Å². The first-order chi connectivity index (χ1) is 11.1. The maximum atomic E-state index is 12.0. The number of aromatic nitrogens is 1. The summed E-state index contributed by atoms with van der Waals surface area (Å²) < 4.78 is 10.00. The summed E-state index contributed by atoms with van der Waals surface area (Å²) in [5.74, 6) is 0.627. The van der Waals surface area contributed by atoms with Crippen LogP contribution < -0.4 is 5.32 Å². The Kier molecular flexibility index (Phi) is 7.33. The number of likely N-dealkylation sites (tertiary alicyclic amines) is 1. The van der Waals surface area contributed by atoms with E-state index in [-0.39, 0.29) is 5.91 Å². The summed E-state index contributed by atoms with van der Waals surface area (Å²) in [6.45, 7) is 6.53. The van der Waals surface area contributed by atoms with E-state index in [0.29, 0.717) is 24.0 Å². The number of hydrogen-bond donors (Lipinski definition) is 1. The Balaban J connectivity index is 1.62. The number of carbonyl (C=O) groups excluding carboxylic acids is 1. The maximum Gasteiger partial charge on any atom is 0.229 e. The molecule has 23 heavy (non-hydrogen) atoms. The van der Waals surface area contributed by atoms with Crippen molar-refractivity contribution in [2.75, 3.05) is 39.9 Å². The lowest BCUT2D eigenvalue weighted by Crippen LogP contribution is -2.39. The maximum absolute atomic E-state index is 12.0. The molecule has 1 aliphatic heterocycles. The normalized spacial score (nSPS) is 16.7. The van der Waals surface area contributed by atoms with Crippen LogP contribution in [0.2, 0.25) is 5.22 Å². The molecule has 7 heteroatoms. The minimum atomic E-state index is 0.0588. The van der Waals surface area contributed by atoms with Gasteiger partial charge < -0.3 is 19.5 Å². The van der Waals surface area contributed by atoms with Gasteiger partial charge in [0.1, 0.15) is 0 Å². The molecule has 6 nitrogen and oxygen atoms in total. The van der Waals surface area contributed by atoms with Gasteiger partial charge in [-0.1, -0.05) is 5.16 Å².